The van der Waals surface area contributed by atoms with Gasteiger partial charge in [0.25, 0.3) is 0 Å². The summed E-state index contributed by atoms with van der Waals surface area (Å²) in [5.41, 5.74) is 1.33. The molecule has 0 aliphatic rings. The maximum atomic E-state index is 5.90. The Morgan fingerprint density at radius 2 is 2.06 bits per heavy atom. The van der Waals surface area contributed by atoms with Crippen molar-refractivity contribution in [3.63, 3.8) is 0 Å². The molecule has 2 nitrogen and oxygen atoms in total. The van der Waals surface area contributed by atoms with Crippen molar-refractivity contribution in [3.8, 4) is 5.75 Å². The molecule has 0 heterocycles. The first kappa shape index (κ1) is 14.0. The summed E-state index contributed by atoms with van der Waals surface area (Å²) in [5, 5.41) is 3.39. The van der Waals surface area contributed by atoms with E-state index < -0.39 is 0 Å². The fourth-order valence-electron chi connectivity index (χ4n) is 1.74. The van der Waals surface area contributed by atoms with E-state index in [1.807, 2.05) is 6.07 Å². The molecule has 0 aliphatic heterocycles. The lowest BCUT2D eigenvalue weighted by atomic mass is 10.1. The maximum absolute atomic E-state index is 5.90. The summed E-state index contributed by atoms with van der Waals surface area (Å²) in [6.07, 6.45) is 3.57. The molecule has 1 atom stereocenters. The summed E-state index contributed by atoms with van der Waals surface area (Å²) in [6, 6.07) is 8.38. The number of rotatable bonds is 8. The maximum Gasteiger partial charge on any atom is 0.119 e. The highest BCUT2D eigenvalue weighted by Crippen LogP contribution is 2.16. The molecule has 1 rings (SSSR count). The number of benzene rings is 1. The van der Waals surface area contributed by atoms with Crippen LogP contribution in [0.4, 0.5) is 0 Å². The first-order valence-corrected chi connectivity index (χ1v) is 6.72. The van der Waals surface area contributed by atoms with Gasteiger partial charge in [-0.1, -0.05) is 26.0 Å². The third-order valence-electron chi connectivity index (χ3n) is 2.80. The lowest BCUT2D eigenvalue weighted by Crippen LogP contribution is -2.22. The normalized spacial score (nSPS) is 12.4. The van der Waals surface area contributed by atoms with Crippen molar-refractivity contribution in [2.24, 2.45) is 0 Å². The van der Waals surface area contributed by atoms with E-state index in [2.05, 4.69) is 44.3 Å². The molecule has 1 N–H and O–H groups in total. The lowest BCUT2D eigenvalue weighted by molar-refractivity contribution is 0.210. The van der Waals surface area contributed by atoms with E-state index in [0.717, 1.165) is 31.7 Å². The van der Waals surface area contributed by atoms with E-state index in [4.69, 9.17) is 4.74 Å². The van der Waals surface area contributed by atoms with Gasteiger partial charge in [-0.15, -0.1) is 0 Å². The van der Waals surface area contributed by atoms with E-state index in [1.165, 1.54) is 12.0 Å². The van der Waals surface area contributed by atoms with Gasteiger partial charge in [-0.2, -0.15) is 0 Å². The molecule has 0 saturated carbocycles. The van der Waals surface area contributed by atoms with E-state index in [9.17, 15) is 0 Å². The molecule has 0 aliphatic carbocycles. The zero-order valence-corrected chi connectivity index (χ0v) is 11.3. The highest BCUT2D eigenvalue weighted by atomic mass is 16.5. The summed E-state index contributed by atoms with van der Waals surface area (Å²) in [5.74, 6) is 0.993. The summed E-state index contributed by atoms with van der Waals surface area (Å²) in [7, 11) is 0. The molecular weight excluding hydrogens is 210 g/mol. The minimum absolute atomic E-state index is 0.270. The molecule has 17 heavy (non-hydrogen) atoms. The minimum Gasteiger partial charge on any atom is -0.491 e. The van der Waals surface area contributed by atoms with Crippen molar-refractivity contribution >= 4 is 0 Å². The van der Waals surface area contributed by atoms with Crippen molar-refractivity contribution in [2.75, 3.05) is 13.1 Å². The lowest BCUT2D eigenvalue weighted by Gasteiger charge is -2.15. The Balaban J connectivity index is 2.31. The van der Waals surface area contributed by atoms with Crippen LogP contribution < -0.4 is 10.1 Å². The molecule has 1 aromatic rings. The zero-order chi connectivity index (χ0) is 12.5. The molecule has 0 spiro atoms. The van der Waals surface area contributed by atoms with Crippen LogP contribution in [0.25, 0.3) is 0 Å². The molecule has 0 aromatic heterocycles. The number of aryl methyl sites for hydroxylation is 1. The van der Waals surface area contributed by atoms with Crippen molar-refractivity contribution < 1.29 is 4.74 Å². The SMILES string of the molecule is CCCNCCC(C)Oc1cccc(CC)c1. The van der Waals surface area contributed by atoms with Gasteiger partial charge in [-0.25, -0.2) is 0 Å². The molecule has 1 aromatic carbocycles. The van der Waals surface area contributed by atoms with E-state index in [-0.39, 0.29) is 6.10 Å². The average molecular weight is 235 g/mol. The van der Waals surface area contributed by atoms with Gasteiger partial charge in [-0.3, -0.25) is 0 Å². The van der Waals surface area contributed by atoms with Crippen molar-refractivity contribution in [3.05, 3.63) is 29.8 Å². The van der Waals surface area contributed by atoms with E-state index in [0.29, 0.717) is 0 Å². The number of hydrogen-bond acceptors (Lipinski definition) is 2. The van der Waals surface area contributed by atoms with Crippen molar-refractivity contribution in [1.82, 2.24) is 5.32 Å². The second-order valence-corrected chi connectivity index (χ2v) is 4.47. The van der Waals surface area contributed by atoms with Gasteiger partial charge in [0.2, 0.25) is 0 Å². The number of nitrogens with one attached hydrogen (secondary N) is 1. The predicted octanol–water partition coefficient (Wildman–Crippen LogP) is 3.41. The van der Waals surface area contributed by atoms with Gasteiger partial charge in [0.05, 0.1) is 6.10 Å². The zero-order valence-electron chi connectivity index (χ0n) is 11.3. The quantitative estimate of drug-likeness (QED) is 0.697. The van der Waals surface area contributed by atoms with Gasteiger partial charge in [-0.05, 0) is 57.0 Å². The van der Waals surface area contributed by atoms with Crippen LogP contribution in [0.1, 0.15) is 39.2 Å². The summed E-state index contributed by atoms with van der Waals surface area (Å²) < 4.78 is 5.90. The van der Waals surface area contributed by atoms with Crippen LogP contribution in [0.15, 0.2) is 24.3 Å². The van der Waals surface area contributed by atoms with Crippen molar-refractivity contribution in [1.29, 1.82) is 0 Å². The van der Waals surface area contributed by atoms with Gasteiger partial charge < -0.3 is 10.1 Å². The minimum atomic E-state index is 0.270. The number of hydrogen-bond donors (Lipinski definition) is 1. The molecule has 0 saturated heterocycles. The molecule has 2 heteroatoms. The molecule has 0 radical (unpaired) electrons. The molecule has 0 bridgehead atoms. The third kappa shape index (κ3) is 5.73. The molecular formula is C15H25NO. The summed E-state index contributed by atoms with van der Waals surface area (Å²) >= 11 is 0. The first-order valence-electron chi connectivity index (χ1n) is 6.72. The molecule has 96 valence electrons. The van der Waals surface area contributed by atoms with Gasteiger partial charge in [0.15, 0.2) is 0 Å². The van der Waals surface area contributed by atoms with Crippen LogP contribution in [0.2, 0.25) is 0 Å². The standard InChI is InChI=1S/C15H25NO/c1-4-10-16-11-9-13(3)17-15-8-6-7-14(5-2)12-15/h6-8,12-13,16H,4-5,9-11H2,1-3H3. The highest BCUT2D eigenvalue weighted by molar-refractivity contribution is 5.28. The van der Waals surface area contributed by atoms with E-state index in [1.54, 1.807) is 0 Å². The fraction of sp³-hybridized carbons (Fsp3) is 0.600. The van der Waals surface area contributed by atoms with E-state index >= 15 is 0 Å². The molecule has 1 unspecified atom stereocenters. The largest absolute Gasteiger partial charge is 0.491 e. The Kier molecular flexibility index (Phi) is 6.71. The van der Waals surface area contributed by atoms with Crippen LogP contribution in [0.5, 0.6) is 5.75 Å². The van der Waals surface area contributed by atoms with Gasteiger partial charge >= 0.3 is 0 Å². The Morgan fingerprint density at radius 1 is 1.24 bits per heavy atom. The molecule has 0 fully saturated rings. The van der Waals surface area contributed by atoms with Gasteiger partial charge in [0, 0.05) is 0 Å². The highest BCUT2D eigenvalue weighted by Gasteiger charge is 2.03. The summed E-state index contributed by atoms with van der Waals surface area (Å²) in [6.45, 7) is 8.60. The second-order valence-electron chi connectivity index (χ2n) is 4.47. The second kappa shape index (κ2) is 8.13. The van der Waals surface area contributed by atoms with Crippen LogP contribution in [0.3, 0.4) is 0 Å². The Hall–Kier alpha value is -1.02. The predicted molar refractivity (Wildman–Crippen MR) is 73.7 cm³/mol. The summed E-state index contributed by atoms with van der Waals surface area (Å²) in [4.78, 5) is 0. The number of ether oxygens (including phenoxy) is 1. The van der Waals surface area contributed by atoms with Crippen LogP contribution in [-0.4, -0.2) is 19.2 Å². The van der Waals surface area contributed by atoms with Crippen LogP contribution >= 0.6 is 0 Å². The van der Waals surface area contributed by atoms with Crippen LogP contribution in [0, 0.1) is 0 Å². The average Bonchev–Trinajstić information content (AvgIpc) is 2.35. The topological polar surface area (TPSA) is 21.3 Å². The first-order chi connectivity index (χ1) is 8.26. The Morgan fingerprint density at radius 3 is 2.76 bits per heavy atom. The third-order valence-corrected chi connectivity index (χ3v) is 2.80. The Labute approximate surface area is 105 Å². The monoisotopic (exact) mass is 235 g/mol. The van der Waals surface area contributed by atoms with Crippen molar-refractivity contribution in [2.45, 2.75) is 46.1 Å². The Bertz CT molecular complexity index is 312. The fourth-order valence-corrected chi connectivity index (χ4v) is 1.74. The van der Waals surface area contributed by atoms with Gasteiger partial charge in [0.1, 0.15) is 5.75 Å². The molecule has 0 amide bonds. The smallest absolute Gasteiger partial charge is 0.119 e. The van der Waals surface area contributed by atoms with Crippen LogP contribution in [-0.2, 0) is 6.42 Å².